The lowest BCUT2D eigenvalue weighted by Crippen LogP contribution is -2.21. The summed E-state index contributed by atoms with van der Waals surface area (Å²) in [7, 11) is 0. The van der Waals surface area contributed by atoms with Crippen molar-refractivity contribution in [3.63, 3.8) is 0 Å². The Morgan fingerprint density at radius 3 is 2.88 bits per heavy atom. The number of pyridine rings is 1. The van der Waals surface area contributed by atoms with Gasteiger partial charge in [0.2, 0.25) is 0 Å². The molecule has 88 valence electrons. The first-order valence-corrected chi connectivity index (χ1v) is 6.10. The number of anilines is 1. The quantitative estimate of drug-likeness (QED) is 0.747. The molecule has 0 fully saturated rings. The molecule has 1 atom stereocenters. The first-order valence-electron chi connectivity index (χ1n) is 5.69. The van der Waals surface area contributed by atoms with Gasteiger partial charge in [-0.25, -0.2) is 0 Å². The first-order chi connectivity index (χ1) is 7.69. The smallest absolute Gasteiger partial charge is 0.106 e. The zero-order chi connectivity index (χ0) is 12.0. The number of rotatable bonds is 6. The van der Waals surface area contributed by atoms with E-state index in [-0.39, 0.29) is 0 Å². The third-order valence-corrected chi connectivity index (χ3v) is 2.80. The largest absolute Gasteiger partial charge is 0.389 e. The van der Waals surface area contributed by atoms with Gasteiger partial charge in [-0.15, -0.1) is 0 Å². The molecular formula is C12H19N3S. The summed E-state index contributed by atoms with van der Waals surface area (Å²) in [5.74, 6) is 0. The van der Waals surface area contributed by atoms with Crippen molar-refractivity contribution < 1.29 is 0 Å². The minimum atomic E-state index is 0.413. The lowest BCUT2D eigenvalue weighted by atomic mass is 10.1. The highest BCUT2D eigenvalue weighted by Gasteiger charge is 2.09. The van der Waals surface area contributed by atoms with Crippen LogP contribution in [0.5, 0.6) is 0 Å². The van der Waals surface area contributed by atoms with Gasteiger partial charge in [0.1, 0.15) is 4.99 Å². The van der Waals surface area contributed by atoms with E-state index in [1.165, 1.54) is 0 Å². The summed E-state index contributed by atoms with van der Waals surface area (Å²) in [6.07, 6.45) is 6.88. The normalized spacial score (nSPS) is 12.1. The second-order valence-electron chi connectivity index (χ2n) is 3.82. The van der Waals surface area contributed by atoms with E-state index >= 15 is 0 Å². The topological polar surface area (TPSA) is 50.9 Å². The van der Waals surface area contributed by atoms with Gasteiger partial charge in [-0.3, -0.25) is 4.98 Å². The van der Waals surface area contributed by atoms with Crippen LogP contribution >= 0.6 is 12.2 Å². The van der Waals surface area contributed by atoms with Crippen LogP contribution in [0.1, 0.15) is 38.7 Å². The first kappa shape index (κ1) is 12.9. The summed E-state index contributed by atoms with van der Waals surface area (Å²) in [5.41, 5.74) is 7.48. The van der Waals surface area contributed by atoms with Crippen molar-refractivity contribution >= 4 is 22.9 Å². The van der Waals surface area contributed by atoms with Gasteiger partial charge in [-0.05, 0) is 18.9 Å². The van der Waals surface area contributed by atoms with Crippen LogP contribution in [0.15, 0.2) is 18.5 Å². The lowest BCUT2D eigenvalue weighted by molar-refractivity contribution is 0.622. The molecule has 0 aliphatic heterocycles. The van der Waals surface area contributed by atoms with Crippen LogP contribution in [-0.4, -0.2) is 16.0 Å². The predicted molar refractivity (Wildman–Crippen MR) is 72.7 cm³/mol. The van der Waals surface area contributed by atoms with E-state index in [1.54, 1.807) is 12.4 Å². The molecule has 0 aliphatic carbocycles. The Balaban J connectivity index is 2.82. The number of nitrogens with one attached hydrogen (secondary N) is 1. The van der Waals surface area contributed by atoms with Gasteiger partial charge in [0.15, 0.2) is 0 Å². The molecule has 0 saturated heterocycles. The maximum atomic E-state index is 5.67. The van der Waals surface area contributed by atoms with Crippen LogP contribution in [0.4, 0.5) is 5.69 Å². The average molecular weight is 237 g/mol. The van der Waals surface area contributed by atoms with E-state index in [9.17, 15) is 0 Å². The number of aromatic nitrogens is 1. The fourth-order valence-electron chi connectivity index (χ4n) is 1.67. The molecule has 0 aliphatic rings. The van der Waals surface area contributed by atoms with Crippen LogP contribution in [0.3, 0.4) is 0 Å². The Kier molecular flexibility index (Phi) is 5.19. The Bertz CT molecular complexity index is 352. The molecule has 0 saturated carbocycles. The van der Waals surface area contributed by atoms with Crippen molar-refractivity contribution in [1.29, 1.82) is 0 Å². The molecule has 3 nitrogen and oxygen atoms in total. The molecule has 1 heterocycles. The van der Waals surface area contributed by atoms with E-state index in [0.29, 0.717) is 11.0 Å². The molecule has 1 aromatic rings. The summed E-state index contributed by atoms with van der Waals surface area (Å²) in [6.45, 7) is 4.35. The SMILES string of the molecule is CCCC(CC)Nc1cnccc1C(N)=S. The molecule has 1 aromatic heterocycles. The predicted octanol–water partition coefficient (Wildman–Crippen LogP) is 2.71. The molecule has 16 heavy (non-hydrogen) atoms. The summed E-state index contributed by atoms with van der Waals surface area (Å²) >= 11 is 5.01. The van der Waals surface area contributed by atoms with Gasteiger partial charge in [0, 0.05) is 17.8 Å². The van der Waals surface area contributed by atoms with Crippen molar-refractivity contribution in [3.05, 3.63) is 24.0 Å². The number of thiocarbonyl (C=S) groups is 1. The van der Waals surface area contributed by atoms with Gasteiger partial charge in [-0.1, -0.05) is 32.5 Å². The van der Waals surface area contributed by atoms with Crippen molar-refractivity contribution in [2.45, 2.75) is 39.2 Å². The third kappa shape index (κ3) is 3.45. The van der Waals surface area contributed by atoms with Crippen molar-refractivity contribution in [1.82, 2.24) is 4.98 Å². The Hall–Kier alpha value is -1.16. The molecule has 1 unspecified atom stereocenters. The summed E-state index contributed by atoms with van der Waals surface area (Å²) < 4.78 is 0. The van der Waals surface area contributed by atoms with Crippen molar-refractivity contribution in [2.24, 2.45) is 5.73 Å². The minimum Gasteiger partial charge on any atom is -0.389 e. The number of nitrogens with two attached hydrogens (primary N) is 1. The summed E-state index contributed by atoms with van der Waals surface area (Å²) in [4.78, 5) is 4.51. The number of nitrogens with zero attached hydrogens (tertiary/aromatic N) is 1. The van der Waals surface area contributed by atoms with Gasteiger partial charge in [-0.2, -0.15) is 0 Å². The standard InChI is InChI=1S/C12H19N3S/c1-3-5-9(4-2)15-11-8-14-7-6-10(11)12(13)16/h6-9,15H,3-5H2,1-2H3,(H2,13,16). The number of hydrogen-bond acceptors (Lipinski definition) is 3. The Morgan fingerprint density at radius 1 is 1.56 bits per heavy atom. The molecule has 0 spiro atoms. The fourth-order valence-corrected chi connectivity index (χ4v) is 1.85. The fraction of sp³-hybridized carbons (Fsp3) is 0.500. The van der Waals surface area contributed by atoms with Crippen molar-refractivity contribution in [3.8, 4) is 0 Å². The molecule has 1 rings (SSSR count). The van der Waals surface area contributed by atoms with Gasteiger partial charge < -0.3 is 11.1 Å². The van der Waals surface area contributed by atoms with E-state index in [1.807, 2.05) is 6.07 Å². The molecule has 0 amide bonds. The van der Waals surface area contributed by atoms with E-state index in [4.69, 9.17) is 18.0 Å². The minimum absolute atomic E-state index is 0.413. The lowest BCUT2D eigenvalue weighted by Gasteiger charge is -2.19. The van der Waals surface area contributed by atoms with Crippen LogP contribution in [0, 0.1) is 0 Å². The summed E-state index contributed by atoms with van der Waals surface area (Å²) in [5, 5.41) is 3.45. The monoisotopic (exact) mass is 237 g/mol. The zero-order valence-electron chi connectivity index (χ0n) is 9.86. The molecule has 0 bridgehead atoms. The van der Waals surface area contributed by atoms with Crippen LogP contribution < -0.4 is 11.1 Å². The van der Waals surface area contributed by atoms with Gasteiger partial charge >= 0.3 is 0 Å². The molecular weight excluding hydrogens is 218 g/mol. The maximum Gasteiger partial charge on any atom is 0.106 e. The highest BCUT2D eigenvalue weighted by molar-refractivity contribution is 7.80. The van der Waals surface area contributed by atoms with Crippen LogP contribution in [0.2, 0.25) is 0 Å². The van der Waals surface area contributed by atoms with Gasteiger partial charge in [0.25, 0.3) is 0 Å². The number of hydrogen-bond donors (Lipinski definition) is 2. The molecule has 4 heteroatoms. The maximum absolute atomic E-state index is 5.67. The highest BCUT2D eigenvalue weighted by Crippen LogP contribution is 2.17. The summed E-state index contributed by atoms with van der Waals surface area (Å²) in [6, 6.07) is 2.31. The second-order valence-corrected chi connectivity index (χ2v) is 4.26. The molecule has 0 radical (unpaired) electrons. The van der Waals surface area contributed by atoms with E-state index in [2.05, 4.69) is 24.1 Å². The highest BCUT2D eigenvalue weighted by atomic mass is 32.1. The van der Waals surface area contributed by atoms with Gasteiger partial charge in [0.05, 0.1) is 11.9 Å². The average Bonchev–Trinajstić information content (AvgIpc) is 2.29. The van der Waals surface area contributed by atoms with E-state index < -0.39 is 0 Å². The van der Waals surface area contributed by atoms with Crippen molar-refractivity contribution in [2.75, 3.05) is 5.32 Å². The Labute approximate surface area is 102 Å². The zero-order valence-corrected chi connectivity index (χ0v) is 10.7. The Morgan fingerprint density at radius 2 is 2.31 bits per heavy atom. The molecule has 0 aromatic carbocycles. The van der Waals surface area contributed by atoms with Crippen LogP contribution in [-0.2, 0) is 0 Å². The van der Waals surface area contributed by atoms with E-state index in [0.717, 1.165) is 30.5 Å². The van der Waals surface area contributed by atoms with Crippen LogP contribution in [0.25, 0.3) is 0 Å². The molecule has 3 N–H and O–H groups in total. The third-order valence-electron chi connectivity index (χ3n) is 2.58. The second kappa shape index (κ2) is 6.43.